The quantitative estimate of drug-likeness (QED) is 0.899. The van der Waals surface area contributed by atoms with E-state index < -0.39 is 0 Å². The minimum atomic E-state index is -0.390. The normalized spacial score (nSPS) is 10.2. The van der Waals surface area contributed by atoms with Gasteiger partial charge in [-0.2, -0.15) is 0 Å². The molecule has 0 aliphatic rings. The van der Waals surface area contributed by atoms with E-state index in [2.05, 4.69) is 31.2 Å². The van der Waals surface area contributed by atoms with Crippen molar-refractivity contribution in [3.63, 3.8) is 0 Å². The van der Waals surface area contributed by atoms with Crippen LogP contribution in [-0.4, -0.2) is 15.9 Å². The first-order chi connectivity index (χ1) is 8.56. The lowest BCUT2D eigenvalue weighted by atomic mass is 10.3. The molecule has 0 unspecified atom stereocenters. The average Bonchev–Trinajstić information content (AvgIpc) is 2.34. The van der Waals surface area contributed by atoms with Gasteiger partial charge in [0.15, 0.2) is 0 Å². The summed E-state index contributed by atoms with van der Waals surface area (Å²) < 4.78 is 0.694. The Morgan fingerprint density at radius 2 is 2.06 bits per heavy atom. The molecule has 2 aromatic rings. The molecule has 1 aromatic heterocycles. The molecule has 0 fully saturated rings. The van der Waals surface area contributed by atoms with E-state index >= 15 is 0 Å². The lowest BCUT2D eigenvalue weighted by Crippen LogP contribution is -2.14. The molecule has 1 heterocycles. The van der Waals surface area contributed by atoms with Crippen LogP contribution < -0.4 is 5.32 Å². The van der Waals surface area contributed by atoms with E-state index in [-0.39, 0.29) is 16.8 Å². The van der Waals surface area contributed by atoms with Crippen LogP contribution in [0.5, 0.6) is 0 Å². The van der Waals surface area contributed by atoms with Gasteiger partial charge in [-0.05, 0) is 34.1 Å². The number of benzene rings is 1. The summed E-state index contributed by atoms with van der Waals surface area (Å²) in [5.41, 5.74) is 0.742. The molecule has 2 rings (SSSR count). The Morgan fingerprint density at radius 3 is 2.72 bits per heavy atom. The van der Waals surface area contributed by atoms with Crippen LogP contribution in [0.25, 0.3) is 0 Å². The van der Waals surface area contributed by atoms with E-state index in [0.29, 0.717) is 15.2 Å². The molecule has 0 spiro atoms. The molecule has 7 heteroatoms. The smallest absolute Gasteiger partial charge is 0.275 e. The van der Waals surface area contributed by atoms with Crippen molar-refractivity contribution in [2.24, 2.45) is 0 Å². The van der Waals surface area contributed by atoms with Crippen molar-refractivity contribution in [2.75, 3.05) is 5.32 Å². The van der Waals surface area contributed by atoms with Gasteiger partial charge in [-0.1, -0.05) is 23.2 Å². The summed E-state index contributed by atoms with van der Waals surface area (Å²) in [5, 5.41) is 3.40. The second-order valence-electron chi connectivity index (χ2n) is 3.31. The van der Waals surface area contributed by atoms with Gasteiger partial charge >= 0.3 is 0 Å². The second kappa shape index (κ2) is 5.65. The highest BCUT2D eigenvalue weighted by Crippen LogP contribution is 2.25. The van der Waals surface area contributed by atoms with Gasteiger partial charge in [-0.15, -0.1) is 0 Å². The summed E-state index contributed by atoms with van der Waals surface area (Å²) in [7, 11) is 0. The van der Waals surface area contributed by atoms with Crippen LogP contribution in [-0.2, 0) is 0 Å². The van der Waals surface area contributed by atoms with Gasteiger partial charge in [0.25, 0.3) is 5.91 Å². The SMILES string of the molecule is O=C(Nc1ccc(Cl)c(Br)c1)c1cncc(Cl)n1. The fourth-order valence-corrected chi connectivity index (χ4v) is 1.86. The highest BCUT2D eigenvalue weighted by Gasteiger charge is 2.09. The maximum Gasteiger partial charge on any atom is 0.275 e. The van der Waals surface area contributed by atoms with Crippen LogP contribution in [0.2, 0.25) is 10.2 Å². The molecular formula is C11H6BrCl2N3O. The van der Waals surface area contributed by atoms with Crippen LogP contribution in [0, 0.1) is 0 Å². The molecule has 4 nitrogen and oxygen atoms in total. The average molecular weight is 347 g/mol. The molecule has 0 saturated carbocycles. The van der Waals surface area contributed by atoms with E-state index in [1.54, 1.807) is 18.2 Å². The fraction of sp³-hybridized carbons (Fsp3) is 0. The summed E-state index contributed by atoms with van der Waals surface area (Å²) in [6.45, 7) is 0. The van der Waals surface area contributed by atoms with Crippen LogP contribution in [0.1, 0.15) is 10.5 Å². The molecule has 0 atom stereocenters. The topological polar surface area (TPSA) is 54.9 Å². The number of hydrogen-bond donors (Lipinski definition) is 1. The van der Waals surface area contributed by atoms with E-state index in [4.69, 9.17) is 23.2 Å². The third-order valence-electron chi connectivity index (χ3n) is 2.02. The molecule has 0 bridgehead atoms. The number of amides is 1. The zero-order valence-electron chi connectivity index (χ0n) is 8.82. The predicted molar refractivity (Wildman–Crippen MR) is 74.1 cm³/mol. The lowest BCUT2D eigenvalue weighted by Gasteiger charge is -2.05. The van der Waals surface area contributed by atoms with Crippen LogP contribution >= 0.6 is 39.1 Å². The van der Waals surface area contributed by atoms with Gasteiger partial charge in [-0.25, -0.2) is 4.98 Å². The number of anilines is 1. The Hall–Kier alpha value is -1.17. The number of rotatable bonds is 2. The van der Waals surface area contributed by atoms with Crippen molar-refractivity contribution >= 4 is 50.7 Å². The molecule has 1 aromatic carbocycles. The van der Waals surface area contributed by atoms with Gasteiger partial charge in [0.1, 0.15) is 10.8 Å². The number of nitrogens with one attached hydrogen (secondary N) is 1. The van der Waals surface area contributed by atoms with Crippen molar-refractivity contribution < 1.29 is 4.79 Å². The number of carbonyl (C=O) groups is 1. The molecule has 0 aliphatic carbocycles. The monoisotopic (exact) mass is 345 g/mol. The molecule has 0 aliphatic heterocycles. The first kappa shape index (κ1) is 13.3. The molecule has 1 amide bonds. The van der Waals surface area contributed by atoms with Crippen molar-refractivity contribution in [1.82, 2.24) is 9.97 Å². The van der Waals surface area contributed by atoms with Gasteiger partial charge in [0, 0.05) is 10.2 Å². The summed E-state index contributed by atoms with van der Waals surface area (Å²) in [4.78, 5) is 19.5. The Morgan fingerprint density at radius 1 is 1.28 bits per heavy atom. The fourth-order valence-electron chi connectivity index (χ4n) is 1.22. The minimum absolute atomic E-state index is 0.147. The van der Waals surface area contributed by atoms with Crippen molar-refractivity contribution in [2.45, 2.75) is 0 Å². The van der Waals surface area contributed by atoms with E-state index in [1.807, 2.05) is 0 Å². The maximum absolute atomic E-state index is 11.8. The van der Waals surface area contributed by atoms with E-state index in [1.165, 1.54) is 12.4 Å². The van der Waals surface area contributed by atoms with Gasteiger partial charge in [-0.3, -0.25) is 9.78 Å². The largest absolute Gasteiger partial charge is 0.321 e. The summed E-state index contributed by atoms with van der Waals surface area (Å²) in [5.74, 6) is -0.390. The highest BCUT2D eigenvalue weighted by molar-refractivity contribution is 9.10. The Labute approximate surface area is 121 Å². The van der Waals surface area contributed by atoms with Gasteiger partial charge in [0.05, 0.1) is 17.4 Å². The van der Waals surface area contributed by atoms with Crippen LogP contribution in [0.15, 0.2) is 35.1 Å². The molecule has 92 valence electrons. The van der Waals surface area contributed by atoms with Crippen LogP contribution in [0.4, 0.5) is 5.69 Å². The molecule has 0 radical (unpaired) electrons. The van der Waals surface area contributed by atoms with Crippen molar-refractivity contribution in [3.8, 4) is 0 Å². The molecule has 18 heavy (non-hydrogen) atoms. The number of aromatic nitrogens is 2. The van der Waals surface area contributed by atoms with E-state index in [9.17, 15) is 4.79 Å². The van der Waals surface area contributed by atoms with E-state index in [0.717, 1.165) is 0 Å². The third-order valence-corrected chi connectivity index (χ3v) is 3.41. The second-order valence-corrected chi connectivity index (χ2v) is 4.96. The van der Waals surface area contributed by atoms with Crippen LogP contribution in [0.3, 0.4) is 0 Å². The molecular weight excluding hydrogens is 341 g/mol. The zero-order chi connectivity index (χ0) is 13.1. The Bertz CT molecular complexity index is 607. The highest BCUT2D eigenvalue weighted by atomic mass is 79.9. The predicted octanol–water partition coefficient (Wildman–Crippen LogP) is 3.80. The van der Waals surface area contributed by atoms with Crippen molar-refractivity contribution in [1.29, 1.82) is 0 Å². The Balaban J connectivity index is 2.18. The summed E-state index contributed by atoms with van der Waals surface area (Å²) >= 11 is 14.8. The summed E-state index contributed by atoms with van der Waals surface area (Å²) in [6, 6.07) is 5.05. The number of carbonyl (C=O) groups excluding carboxylic acids is 1. The van der Waals surface area contributed by atoms with Crippen molar-refractivity contribution in [3.05, 3.63) is 50.9 Å². The molecule has 0 saturated heterocycles. The third kappa shape index (κ3) is 3.19. The number of halogens is 3. The first-order valence-electron chi connectivity index (χ1n) is 4.80. The zero-order valence-corrected chi connectivity index (χ0v) is 11.9. The minimum Gasteiger partial charge on any atom is -0.321 e. The summed E-state index contributed by atoms with van der Waals surface area (Å²) in [6.07, 6.45) is 2.70. The number of nitrogens with zero attached hydrogens (tertiary/aromatic N) is 2. The Kier molecular flexibility index (Phi) is 4.16. The first-order valence-corrected chi connectivity index (χ1v) is 6.35. The number of hydrogen-bond acceptors (Lipinski definition) is 3. The molecule has 1 N–H and O–H groups in total. The maximum atomic E-state index is 11.8. The van der Waals surface area contributed by atoms with Gasteiger partial charge < -0.3 is 5.32 Å². The van der Waals surface area contributed by atoms with Gasteiger partial charge in [0.2, 0.25) is 0 Å². The standard InChI is InChI=1S/C11H6BrCl2N3O/c12-7-3-6(1-2-8(7)13)16-11(18)9-4-15-5-10(14)17-9/h1-5H,(H,16,18). The lowest BCUT2D eigenvalue weighted by molar-refractivity contribution is 0.102.